The smallest absolute Gasteiger partial charge is 0.201 e. The number of ether oxygens (including phenoxy) is 1. The molecule has 0 amide bonds. The van der Waals surface area contributed by atoms with Gasteiger partial charge in [-0.3, -0.25) is 9.59 Å². The zero-order valence-electron chi connectivity index (χ0n) is 20.4. The van der Waals surface area contributed by atoms with E-state index in [1.54, 1.807) is 0 Å². The van der Waals surface area contributed by atoms with E-state index in [2.05, 4.69) is 0 Å². The Balaban J connectivity index is 1.71. The summed E-state index contributed by atoms with van der Waals surface area (Å²) in [5.41, 5.74) is -0.797. The molecule has 0 spiro atoms. The highest BCUT2D eigenvalue weighted by molar-refractivity contribution is 6.08. The maximum Gasteiger partial charge on any atom is 0.201 e. The van der Waals surface area contributed by atoms with Gasteiger partial charge in [0.2, 0.25) is 5.43 Å². The molecule has 0 saturated carbocycles. The summed E-state index contributed by atoms with van der Waals surface area (Å²) in [5, 5.41) is 60.7. The molecule has 6 rings (SSSR count). The second-order valence-electron chi connectivity index (χ2n) is 9.37. The fraction of sp³-hybridized carbons (Fsp3) is 0.0667. The third kappa shape index (κ3) is 3.90. The van der Waals surface area contributed by atoms with Crippen molar-refractivity contribution in [2.45, 2.75) is 12.0 Å². The largest absolute Gasteiger partial charge is 0.508 e. The van der Waals surface area contributed by atoms with Gasteiger partial charge in [-0.25, -0.2) is 0 Å². The molecular weight excluding hydrogens is 520 g/mol. The van der Waals surface area contributed by atoms with Gasteiger partial charge in [0.05, 0.1) is 11.5 Å². The minimum Gasteiger partial charge on any atom is -0.508 e. The van der Waals surface area contributed by atoms with Crippen LogP contribution in [0.15, 0.2) is 82.0 Å². The Morgan fingerprint density at radius 1 is 0.650 bits per heavy atom. The van der Waals surface area contributed by atoms with Crippen LogP contribution in [0.3, 0.4) is 0 Å². The second-order valence-corrected chi connectivity index (χ2v) is 9.37. The number of carbonyl (C=O) groups is 1. The third-order valence-corrected chi connectivity index (χ3v) is 6.81. The first kappa shape index (κ1) is 24.7. The van der Waals surface area contributed by atoms with Crippen molar-refractivity contribution in [1.82, 2.24) is 0 Å². The summed E-state index contributed by atoms with van der Waals surface area (Å²) in [4.78, 5) is 28.3. The van der Waals surface area contributed by atoms with Gasteiger partial charge in [-0.1, -0.05) is 12.1 Å². The number of hydrogen-bond donors (Lipinski definition) is 6. The Hall–Kier alpha value is -5.64. The Bertz CT molecular complexity index is 1870. The molecule has 10 nitrogen and oxygen atoms in total. The summed E-state index contributed by atoms with van der Waals surface area (Å²) in [6.45, 7) is 0. The van der Waals surface area contributed by atoms with E-state index in [0.717, 1.165) is 24.3 Å². The van der Waals surface area contributed by atoms with E-state index in [1.165, 1.54) is 48.5 Å². The predicted octanol–water partition coefficient (Wildman–Crippen LogP) is 4.79. The molecule has 2 heterocycles. The van der Waals surface area contributed by atoms with Crippen LogP contribution >= 0.6 is 0 Å². The molecule has 2 atom stereocenters. The fourth-order valence-electron chi connectivity index (χ4n) is 5.04. The van der Waals surface area contributed by atoms with Crippen LogP contribution in [0, 0.1) is 0 Å². The highest BCUT2D eigenvalue weighted by atomic mass is 16.5. The molecule has 4 aromatic carbocycles. The highest BCUT2D eigenvalue weighted by Gasteiger charge is 2.44. The third-order valence-electron chi connectivity index (χ3n) is 6.81. The average molecular weight is 540 g/mol. The average Bonchev–Trinajstić information content (AvgIpc) is 2.89. The number of phenols is 6. The van der Waals surface area contributed by atoms with Gasteiger partial charge in [-0.2, -0.15) is 0 Å². The molecule has 0 aliphatic carbocycles. The highest BCUT2D eigenvalue weighted by Crippen LogP contribution is 2.49. The standard InChI is InChI=1S/C30H20O10/c31-15-5-1-13(2-6-15)29-25(27(37)23-19(35)9-17(33)11-21(23)39-29)26-28(38)24-20(36)10-18(34)12-22(24)40-30(26)14-3-7-16(32)8-4-14/h1-12,25,29,31-36H/t25-,29+/m0/s1. The SMILES string of the molecule is O=C1c2c(O)cc(O)cc2O[C@H](c2ccc(O)cc2)[C@H]1c1c(-c2ccc(O)cc2)oc2cc(O)cc(O)c2c1=O. The maximum atomic E-state index is 14.2. The Kier molecular flexibility index (Phi) is 5.54. The molecule has 10 heteroatoms. The lowest BCUT2D eigenvalue weighted by atomic mass is 9.79. The number of ketones is 1. The molecule has 1 aliphatic heterocycles. The van der Waals surface area contributed by atoms with Crippen LogP contribution in [0.1, 0.15) is 33.5 Å². The summed E-state index contributed by atoms with van der Waals surface area (Å²) in [6, 6.07) is 15.6. The van der Waals surface area contributed by atoms with Gasteiger partial charge in [0.1, 0.15) is 68.6 Å². The van der Waals surface area contributed by atoms with Crippen LogP contribution in [0.5, 0.6) is 40.2 Å². The van der Waals surface area contributed by atoms with Gasteiger partial charge in [0.25, 0.3) is 0 Å². The second kappa shape index (κ2) is 8.98. The molecule has 0 unspecified atom stereocenters. The zero-order valence-corrected chi connectivity index (χ0v) is 20.4. The lowest BCUT2D eigenvalue weighted by Gasteiger charge is -2.33. The molecule has 1 aromatic heterocycles. The van der Waals surface area contributed by atoms with Gasteiger partial charge in [-0.15, -0.1) is 0 Å². The number of phenolic OH excluding ortho intramolecular Hbond substituents is 6. The molecule has 0 saturated heterocycles. The molecule has 1 aliphatic rings. The van der Waals surface area contributed by atoms with Gasteiger partial charge < -0.3 is 39.8 Å². The van der Waals surface area contributed by atoms with Crippen LogP contribution in [-0.4, -0.2) is 36.4 Å². The quantitative estimate of drug-likeness (QED) is 0.186. The van der Waals surface area contributed by atoms with E-state index < -0.39 is 34.7 Å². The van der Waals surface area contributed by atoms with Crippen LogP contribution in [0.2, 0.25) is 0 Å². The normalized spacial score (nSPS) is 16.4. The molecule has 6 N–H and O–H groups in total. The summed E-state index contributed by atoms with van der Waals surface area (Å²) in [5.74, 6) is -4.41. The first-order valence-electron chi connectivity index (χ1n) is 12.0. The van der Waals surface area contributed by atoms with E-state index in [0.29, 0.717) is 5.56 Å². The number of carbonyl (C=O) groups excluding carboxylic acids is 1. The minimum absolute atomic E-state index is 0.0575. The molecule has 0 radical (unpaired) electrons. The van der Waals surface area contributed by atoms with Crippen molar-refractivity contribution in [2.24, 2.45) is 0 Å². The molecule has 5 aromatic rings. The molecule has 0 bridgehead atoms. The first-order valence-corrected chi connectivity index (χ1v) is 12.0. The van der Waals surface area contributed by atoms with Crippen molar-refractivity contribution in [3.05, 3.63) is 99.7 Å². The summed E-state index contributed by atoms with van der Waals surface area (Å²) in [6.07, 6.45) is -1.21. The van der Waals surface area contributed by atoms with Crippen LogP contribution < -0.4 is 10.2 Å². The number of rotatable bonds is 3. The Morgan fingerprint density at radius 2 is 1.25 bits per heavy atom. The van der Waals surface area contributed by atoms with E-state index in [9.17, 15) is 40.2 Å². The van der Waals surface area contributed by atoms with Crippen LogP contribution in [0.4, 0.5) is 0 Å². The monoisotopic (exact) mass is 540 g/mol. The van der Waals surface area contributed by atoms with Crippen LogP contribution in [-0.2, 0) is 0 Å². The number of hydrogen-bond acceptors (Lipinski definition) is 10. The first-order chi connectivity index (χ1) is 19.1. The van der Waals surface area contributed by atoms with E-state index in [-0.39, 0.29) is 62.2 Å². The maximum absolute atomic E-state index is 14.2. The number of benzene rings is 4. The summed E-state index contributed by atoms with van der Waals surface area (Å²) >= 11 is 0. The van der Waals surface area contributed by atoms with Gasteiger partial charge in [-0.05, 0) is 42.0 Å². The van der Waals surface area contributed by atoms with E-state index in [4.69, 9.17) is 9.15 Å². The van der Waals surface area contributed by atoms with Gasteiger partial charge >= 0.3 is 0 Å². The van der Waals surface area contributed by atoms with Crippen molar-refractivity contribution >= 4 is 16.8 Å². The predicted molar refractivity (Wildman–Crippen MR) is 141 cm³/mol. The van der Waals surface area contributed by atoms with E-state index in [1.807, 2.05) is 0 Å². The van der Waals surface area contributed by atoms with E-state index >= 15 is 0 Å². The van der Waals surface area contributed by atoms with Gasteiger partial charge in [0.15, 0.2) is 5.78 Å². The Morgan fingerprint density at radius 3 is 1.93 bits per heavy atom. The zero-order chi connectivity index (χ0) is 28.3. The lowest BCUT2D eigenvalue weighted by Crippen LogP contribution is -2.33. The summed E-state index contributed by atoms with van der Waals surface area (Å²) < 4.78 is 12.2. The van der Waals surface area contributed by atoms with Crippen molar-refractivity contribution < 1.29 is 44.6 Å². The van der Waals surface area contributed by atoms with Crippen LogP contribution in [0.25, 0.3) is 22.3 Å². The number of fused-ring (bicyclic) bond motifs is 2. The Labute approximate surface area is 224 Å². The topological polar surface area (TPSA) is 178 Å². The number of Topliss-reactive ketones (excluding diaryl/α,β-unsaturated/α-hetero) is 1. The van der Waals surface area contributed by atoms with Crippen molar-refractivity contribution in [1.29, 1.82) is 0 Å². The van der Waals surface area contributed by atoms with Crippen molar-refractivity contribution in [3.8, 4) is 51.6 Å². The molecular formula is C30H20O10. The van der Waals surface area contributed by atoms with Crippen molar-refractivity contribution in [3.63, 3.8) is 0 Å². The van der Waals surface area contributed by atoms with Gasteiger partial charge in [0, 0.05) is 29.8 Å². The van der Waals surface area contributed by atoms with Crippen molar-refractivity contribution in [2.75, 3.05) is 0 Å². The summed E-state index contributed by atoms with van der Waals surface area (Å²) in [7, 11) is 0. The lowest BCUT2D eigenvalue weighted by molar-refractivity contribution is 0.0773. The fourth-order valence-corrected chi connectivity index (χ4v) is 5.04. The minimum atomic E-state index is -1.45. The molecule has 0 fully saturated rings. The number of aromatic hydroxyl groups is 6. The molecule has 200 valence electrons. The molecule has 40 heavy (non-hydrogen) atoms.